The molecule has 3 nitrogen and oxygen atoms in total. The molecule has 0 aliphatic carbocycles. The third kappa shape index (κ3) is 3.32. The van der Waals surface area contributed by atoms with E-state index in [1.54, 1.807) is 11.3 Å². The molecule has 0 aliphatic rings. The normalized spacial score (nSPS) is 12.3. The molecule has 2 aromatic heterocycles. The number of nitrogens with one attached hydrogen (secondary N) is 1. The molecule has 2 heterocycles. The SMILES string of the molecule is C=C(C)Cn1c(C(=O)NC(C)c2ccccc2)cc2scc(Br)c21. The molecule has 0 saturated carbocycles. The van der Waals surface area contributed by atoms with Crippen LogP contribution < -0.4 is 5.32 Å². The molecule has 5 heteroatoms. The molecule has 124 valence electrons. The van der Waals surface area contributed by atoms with Crippen LogP contribution in [0.25, 0.3) is 10.2 Å². The molecule has 0 radical (unpaired) electrons. The fourth-order valence-electron chi connectivity index (χ4n) is 2.75. The summed E-state index contributed by atoms with van der Waals surface area (Å²) in [6, 6.07) is 11.9. The zero-order chi connectivity index (χ0) is 17.3. The van der Waals surface area contributed by atoms with E-state index in [2.05, 4.69) is 27.8 Å². The summed E-state index contributed by atoms with van der Waals surface area (Å²) in [5, 5.41) is 5.15. The number of halogens is 1. The van der Waals surface area contributed by atoms with E-state index in [9.17, 15) is 4.79 Å². The number of fused-ring (bicyclic) bond motifs is 1. The van der Waals surface area contributed by atoms with Crippen molar-refractivity contribution in [3.05, 3.63) is 69.7 Å². The highest BCUT2D eigenvalue weighted by Gasteiger charge is 2.20. The Bertz CT molecular complexity index is 895. The van der Waals surface area contributed by atoms with Crippen molar-refractivity contribution in [2.75, 3.05) is 0 Å². The summed E-state index contributed by atoms with van der Waals surface area (Å²) < 4.78 is 4.14. The van der Waals surface area contributed by atoms with Crippen molar-refractivity contribution in [1.29, 1.82) is 0 Å². The van der Waals surface area contributed by atoms with Crippen LogP contribution in [0.5, 0.6) is 0 Å². The van der Waals surface area contributed by atoms with Crippen molar-refractivity contribution in [3.63, 3.8) is 0 Å². The Hall–Kier alpha value is -1.85. The van der Waals surface area contributed by atoms with Crippen molar-refractivity contribution in [2.24, 2.45) is 0 Å². The predicted molar refractivity (Wildman–Crippen MR) is 105 cm³/mol. The maximum absolute atomic E-state index is 12.8. The van der Waals surface area contributed by atoms with Gasteiger partial charge in [0.2, 0.25) is 0 Å². The van der Waals surface area contributed by atoms with E-state index in [4.69, 9.17) is 0 Å². The van der Waals surface area contributed by atoms with Crippen LogP contribution in [0.15, 0.2) is 58.4 Å². The van der Waals surface area contributed by atoms with E-state index in [0.717, 1.165) is 25.8 Å². The Kier molecular flexibility index (Phi) is 4.92. The minimum Gasteiger partial charge on any atom is -0.344 e. The van der Waals surface area contributed by atoms with Gasteiger partial charge in [0.15, 0.2) is 0 Å². The zero-order valence-electron chi connectivity index (χ0n) is 13.7. The Balaban J connectivity index is 1.93. The lowest BCUT2D eigenvalue weighted by atomic mass is 10.1. The van der Waals surface area contributed by atoms with Gasteiger partial charge >= 0.3 is 0 Å². The minimum absolute atomic E-state index is 0.0478. The second-order valence-corrected chi connectivity index (χ2v) is 7.74. The van der Waals surface area contributed by atoms with Crippen molar-refractivity contribution < 1.29 is 4.79 Å². The second-order valence-electron chi connectivity index (χ2n) is 5.98. The molecule has 0 fully saturated rings. The van der Waals surface area contributed by atoms with Gasteiger partial charge in [-0.1, -0.05) is 42.5 Å². The summed E-state index contributed by atoms with van der Waals surface area (Å²) in [6.07, 6.45) is 0. The topological polar surface area (TPSA) is 34.0 Å². The molecule has 0 bridgehead atoms. The molecule has 1 atom stereocenters. The fraction of sp³-hybridized carbons (Fsp3) is 0.211. The number of thiophene rings is 1. The summed E-state index contributed by atoms with van der Waals surface area (Å²) in [6.45, 7) is 8.59. The molecule has 3 rings (SSSR count). The summed E-state index contributed by atoms with van der Waals surface area (Å²) >= 11 is 5.22. The van der Waals surface area contributed by atoms with Gasteiger partial charge in [-0.15, -0.1) is 11.3 Å². The number of rotatable bonds is 5. The summed E-state index contributed by atoms with van der Waals surface area (Å²) in [4.78, 5) is 12.8. The van der Waals surface area contributed by atoms with Gasteiger partial charge in [0.05, 0.1) is 20.7 Å². The molecule has 0 aliphatic heterocycles. The first-order chi connectivity index (χ1) is 11.5. The third-order valence-electron chi connectivity index (χ3n) is 3.89. The van der Waals surface area contributed by atoms with Crippen molar-refractivity contribution in [2.45, 2.75) is 26.4 Å². The number of hydrogen-bond acceptors (Lipinski definition) is 2. The van der Waals surface area contributed by atoms with Crippen LogP contribution in [-0.4, -0.2) is 10.5 Å². The first-order valence-electron chi connectivity index (χ1n) is 7.73. The minimum atomic E-state index is -0.0668. The monoisotopic (exact) mass is 402 g/mol. The van der Waals surface area contributed by atoms with Crippen LogP contribution in [0, 0.1) is 0 Å². The predicted octanol–water partition coefficient (Wildman–Crippen LogP) is 5.53. The van der Waals surface area contributed by atoms with Gasteiger partial charge in [-0.25, -0.2) is 0 Å². The lowest BCUT2D eigenvalue weighted by Gasteiger charge is -2.16. The number of amides is 1. The summed E-state index contributed by atoms with van der Waals surface area (Å²) in [7, 11) is 0. The van der Waals surface area contributed by atoms with Crippen molar-refractivity contribution in [1.82, 2.24) is 9.88 Å². The molecule has 24 heavy (non-hydrogen) atoms. The number of carbonyl (C=O) groups is 1. The van der Waals surface area contributed by atoms with Gasteiger partial charge in [-0.3, -0.25) is 4.79 Å². The highest BCUT2D eigenvalue weighted by molar-refractivity contribution is 9.10. The highest BCUT2D eigenvalue weighted by Crippen LogP contribution is 2.33. The smallest absolute Gasteiger partial charge is 0.268 e. The molecular formula is C19H19BrN2OS. The Morgan fingerprint density at radius 2 is 2.08 bits per heavy atom. The number of allylic oxidation sites excluding steroid dienone is 1. The number of benzene rings is 1. The Morgan fingerprint density at radius 3 is 2.75 bits per heavy atom. The maximum atomic E-state index is 12.8. The molecule has 3 aromatic rings. The van der Waals surface area contributed by atoms with Crippen LogP contribution in [0.1, 0.15) is 35.9 Å². The van der Waals surface area contributed by atoms with Gasteiger partial charge in [0, 0.05) is 11.9 Å². The van der Waals surface area contributed by atoms with Crippen LogP contribution in [-0.2, 0) is 6.54 Å². The summed E-state index contributed by atoms with van der Waals surface area (Å²) in [5.74, 6) is -0.0668. The molecule has 1 N–H and O–H groups in total. The van der Waals surface area contributed by atoms with Gasteiger partial charge in [-0.05, 0) is 41.4 Å². The zero-order valence-corrected chi connectivity index (χ0v) is 16.1. The molecule has 0 saturated heterocycles. The van der Waals surface area contributed by atoms with Crippen LogP contribution in [0.4, 0.5) is 0 Å². The quantitative estimate of drug-likeness (QED) is 0.559. The largest absolute Gasteiger partial charge is 0.344 e. The summed E-state index contributed by atoms with van der Waals surface area (Å²) in [5.41, 5.74) is 3.83. The van der Waals surface area contributed by atoms with Gasteiger partial charge in [-0.2, -0.15) is 0 Å². The average Bonchev–Trinajstić information content (AvgIpc) is 3.09. The molecule has 1 amide bonds. The van der Waals surface area contributed by atoms with Gasteiger partial charge < -0.3 is 9.88 Å². The maximum Gasteiger partial charge on any atom is 0.268 e. The number of carbonyl (C=O) groups excluding carboxylic acids is 1. The van der Waals surface area contributed by atoms with Gasteiger partial charge in [0.25, 0.3) is 5.91 Å². The van der Waals surface area contributed by atoms with Crippen LogP contribution in [0.3, 0.4) is 0 Å². The van der Waals surface area contributed by atoms with E-state index in [1.807, 2.05) is 60.2 Å². The van der Waals surface area contributed by atoms with E-state index in [0.29, 0.717) is 12.2 Å². The van der Waals surface area contributed by atoms with E-state index in [-0.39, 0.29) is 11.9 Å². The lowest BCUT2D eigenvalue weighted by Crippen LogP contribution is -2.28. The van der Waals surface area contributed by atoms with Crippen molar-refractivity contribution >= 4 is 43.4 Å². The third-order valence-corrected chi connectivity index (χ3v) is 5.71. The second kappa shape index (κ2) is 6.95. The standard InChI is InChI=1S/C19H19BrN2OS/c1-12(2)10-22-16(9-17-18(22)15(20)11-24-17)19(23)21-13(3)14-7-5-4-6-8-14/h4-9,11,13H,1,10H2,2-3H3,(H,21,23). The number of nitrogens with zero attached hydrogens (tertiary/aromatic N) is 1. The van der Waals surface area contributed by atoms with E-state index >= 15 is 0 Å². The number of hydrogen-bond donors (Lipinski definition) is 1. The molecular weight excluding hydrogens is 384 g/mol. The molecule has 1 unspecified atom stereocenters. The molecule has 0 spiro atoms. The van der Waals surface area contributed by atoms with Crippen LogP contribution in [0.2, 0.25) is 0 Å². The lowest BCUT2D eigenvalue weighted by molar-refractivity contribution is 0.0931. The Morgan fingerprint density at radius 1 is 1.38 bits per heavy atom. The first-order valence-corrected chi connectivity index (χ1v) is 9.41. The average molecular weight is 403 g/mol. The van der Waals surface area contributed by atoms with Crippen LogP contribution >= 0.6 is 27.3 Å². The highest BCUT2D eigenvalue weighted by atomic mass is 79.9. The first kappa shape index (κ1) is 17.0. The number of aromatic nitrogens is 1. The molecule has 1 aromatic carbocycles. The fourth-order valence-corrected chi connectivity index (χ4v) is 4.44. The van der Waals surface area contributed by atoms with Gasteiger partial charge in [0.1, 0.15) is 5.69 Å². The van der Waals surface area contributed by atoms with E-state index in [1.165, 1.54) is 0 Å². The van der Waals surface area contributed by atoms with Crippen molar-refractivity contribution in [3.8, 4) is 0 Å². The van der Waals surface area contributed by atoms with E-state index < -0.39 is 0 Å². The Labute approximate surface area is 154 Å².